The normalized spacial score (nSPS) is 43.3. The van der Waals surface area contributed by atoms with Crippen molar-refractivity contribution in [3.63, 3.8) is 0 Å². The number of nitrogens with one attached hydrogen (secondary N) is 1. The molecule has 5 aliphatic rings. The maximum absolute atomic E-state index is 13.4. The second kappa shape index (κ2) is 5.65. The predicted octanol–water partition coefficient (Wildman–Crippen LogP) is -0.812. The molecule has 3 fully saturated rings. The minimum atomic E-state index is -1.38. The molecule has 3 saturated heterocycles. The fourth-order valence-corrected chi connectivity index (χ4v) is 6.97. The topological polar surface area (TPSA) is 117 Å². The Bertz CT molecular complexity index is 859. The Kier molecular flexibility index (Phi) is 3.69. The predicted molar refractivity (Wildman–Crippen MR) is 101 cm³/mol. The first-order valence-electron chi connectivity index (χ1n) is 9.36. The molecule has 4 heterocycles. The van der Waals surface area contributed by atoms with Gasteiger partial charge in [-0.25, -0.2) is 4.79 Å². The van der Waals surface area contributed by atoms with Crippen molar-refractivity contribution in [2.45, 2.75) is 29.7 Å². The zero-order valence-electron chi connectivity index (χ0n) is 16.0. The van der Waals surface area contributed by atoms with Gasteiger partial charge >= 0.3 is 6.09 Å². The average Bonchev–Trinajstić information content (AvgIpc) is 3.04. The first kappa shape index (κ1) is 18.3. The molecule has 6 atom stereocenters. The van der Waals surface area contributed by atoms with E-state index in [2.05, 4.69) is 10.2 Å². The van der Waals surface area contributed by atoms with Crippen LogP contribution in [0.15, 0.2) is 22.5 Å². The van der Waals surface area contributed by atoms with Crippen molar-refractivity contribution in [1.29, 1.82) is 0 Å². The number of likely N-dealkylation sites (N-methyl/N-ethyl adjacent to an activating group) is 1. The summed E-state index contributed by atoms with van der Waals surface area (Å²) < 4.78 is 11.3. The number of nitrogens with zero attached hydrogens (tertiary/aromatic N) is 2. The van der Waals surface area contributed by atoms with Crippen LogP contribution in [0.25, 0.3) is 0 Å². The molecule has 1 amide bonds. The highest BCUT2D eigenvalue weighted by Gasteiger charge is 2.76. The molecule has 5 rings (SSSR count). The highest BCUT2D eigenvalue weighted by Crippen LogP contribution is 2.63. The van der Waals surface area contributed by atoms with Crippen LogP contribution in [-0.4, -0.2) is 89.1 Å². The third-order valence-corrected chi connectivity index (χ3v) is 8.14. The molecule has 9 nitrogen and oxygen atoms in total. The number of aliphatic hydroxyl groups is 1. The molecule has 0 saturated carbocycles. The molecule has 28 heavy (non-hydrogen) atoms. The van der Waals surface area contributed by atoms with Crippen LogP contribution < -0.4 is 11.1 Å². The molecular formula is C18H24N4O5S. The number of piperazine rings is 1. The lowest BCUT2D eigenvalue weighted by Gasteiger charge is -2.43. The van der Waals surface area contributed by atoms with Crippen molar-refractivity contribution in [1.82, 2.24) is 15.1 Å². The Morgan fingerprint density at radius 1 is 1.50 bits per heavy atom. The van der Waals surface area contributed by atoms with Crippen LogP contribution in [0.5, 0.6) is 0 Å². The Morgan fingerprint density at radius 3 is 2.93 bits per heavy atom. The quantitative estimate of drug-likeness (QED) is 0.515. The van der Waals surface area contributed by atoms with Crippen molar-refractivity contribution in [2.24, 2.45) is 11.7 Å². The fourth-order valence-electron chi connectivity index (χ4n) is 5.71. The molecule has 0 spiro atoms. The van der Waals surface area contributed by atoms with Crippen LogP contribution in [0.4, 0.5) is 4.79 Å². The van der Waals surface area contributed by atoms with E-state index in [0.717, 1.165) is 0 Å². The van der Waals surface area contributed by atoms with Gasteiger partial charge in [0.15, 0.2) is 10.7 Å². The molecular weight excluding hydrogens is 384 g/mol. The number of nitrogens with two attached hydrogens (primary N) is 1. The summed E-state index contributed by atoms with van der Waals surface area (Å²) in [6.07, 6.45) is -0.888. The summed E-state index contributed by atoms with van der Waals surface area (Å²) in [5, 5.41) is 15.0. The number of hydrogen-bond donors (Lipinski definition) is 3. The second-order valence-corrected chi connectivity index (χ2v) is 9.23. The van der Waals surface area contributed by atoms with Gasteiger partial charge in [-0.3, -0.25) is 9.69 Å². The average molecular weight is 408 g/mol. The molecule has 0 radical (unpaired) electrons. The van der Waals surface area contributed by atoms with Gasteiger partial charge in [-0.05, 0) is 14.0 Å². The van der Waals surface area contributed by atoms with Crippen LogP contribution in [-0.2, 0) is 14.3 Å². The van der Waals surface area contributed by atoms with Crippen molar-refractivity contribution >= 4 is 23.6 Å². The number of carbonyl (C=O) groups excluding carboxylic acids is 2. The lowest BCUT2D eigenvalue weighted by atomic mass is 9.81. The summed E-state index contributed by atoms with van der Waals surface area (Å²) in [5.41, 5.74) is 6.48. The minimum Gasteiger partial charge on any atom is -0.449 e. The molecule has 1 aliphatic carbocycles. The second-order valence-electron chi connectivity index (χ2n) is 7.94. The van der Waals surface area contributed by atoms with Gasteiger partial charge in [0.05, 0.1) is 23.4 Å². The van der Waals surface area contributed by atoms with E-state index in [1.807, 2.05) is 11.9 Å². The van der Waals surface area contributed by atoms with E-state index in [1.165, 1.54) is 11.8 Å². The first-order valence-corrected chi connectivity index (χ1v) is 10.4. The van der Waals surface area contributed by atoms with Gasteiger partial charge in [-0.15, -0.1) is 11.8 Å². The first-order chi connectivity index (χ1) is 13.3. The van der Waals surface area contributed by atoms with E-state index in [9.17, 15) is 14.7 Å². The molecule has 4 aliphatic heterocycles. The number of hydrogen-bond acceptors (Lipinski definition) is 9. The van der Waals surface area contributed by atoms with Gasteiger partial charge in [0, 0.05) is 43.1 Å². The van der Waals surface area contributed by atoms with Gasteiger partial charge in [-0.2, -0.15) is 0 Å². The smallest absolute Gasteiger partial charge is 0.404 e. The lowest BCUT2D eigenvalue weighted by molar-refractivity contribution is -0.144. The maximum Gasteiger partial charge on any atom is 0.404 e. The SMILES string of the molecule is CO[C@@]12[C@H](COC(N)=O)C3=C(C(=O)C(C)=C4NCCSC43O)N1C[C@H]1[C@@H]2N1C. The zero-order chi connectivity index (χ0) is 20.0. The molecule has 0 aromatic rings. The molecule has 152 valence electrons. The molecule has 4 N–H and O–H groups in total. The number of fused-ring (bicyclic) bond motifs is 6. The van der Waals surface area contributed by atoms with Gasteiger partial charge < -0.3 is 30.5 Å². The van der Waals surface area contributed by atoms with Crippen molar-refractivity contribution in [3.05, 3.63) is 22.5 Å². The fraction of sp³-hybridized carbons (Fsp3) is 0.667. The van der Waals surface area contributed by atoms with Gasteiger partial charge in [-0.1, -0.05) is 0 Å². The van der Waals surface area contributed by atoms with Gasteiger partial charge in [0.2, 0.25) is 5.78 Å². The van der Waals surface area contributed by atoms with Crippen LogP contribution in [0.1, 0.15) is 6.92 Å². The van der Waals surface area contributed by atoms with E-state index >= 15 is 0 Å². The Hall–Kier alpha value is -1.75. The molecule has 10 heteroatoms. The number of ketones is 1. The number of carbonyl (C=O) groups is 2. The third-order valence-electron chi connectivity index (χ3n) is 6.89. The summed E-state index contributed by atoms with van der Waals surface area (Å²) >= 11 is 1.39. The number of thioether (sulfide) groups is 1. The van der Waals surface area contributed by atoms with E-state index < -0.39 is 22.7 Å². The Balaban J connectivity index is 1.69. The van der Waals surface area contributed by atoms with E-state index in [-0.39, 0.29) is 24.5 Å². The van der Waals surface area contributed by atoms with Crippen molar-refractivity contribution < 1.29 is 24.2 Å². The highest BCUT2D eigenvalue weighted by atomic mass is 32.2. The van der Waals surface area contributed by atoms with Crippen LogP contribution >= 0.6 is 11.8 Å². The number of Topliss-reactive ketones (excluding diaryl/α,β-unsaturated/α-hetero) is 1. The van der Waals surface area contributed by atoms with E-state index in [0.29, 0.717) is 41.4 Å². The number of methoxy groups -OCH3 is 1. The largest absolute Gasteiger partial charge is 0.449 e. The number of primary amides is 1. The monoisotopic (exact) mass is 408 g/mol. The molecule has 0 aromatic carbocycles. The number of rotatable bonds is 3. The number of amides is 1. The molecule has 0 aromatic heterocycles. The zero-order valence-corrected chi connectivity index (χ0v) is 16.8. The summed E-state index contributed by atoms with van der Waals surface area (Å²) in [5.74, 6) is 0.0640. The van der Waals surface area contributed by atoms with Crippen LogP contribution in [0, 0.1) is 5.92 Å². The maximum atomic E-state index is 13.4. The summed E-state index contributed by atoms with van der Waals surface area (Å²) in [6, 6.07) is 0.307. The van der Waals surface area contributed by atoms with E-state index in [1.54, 1.807) is 14.0 Å². The standard InChI is InChI=1S/C18H24N4O5S/c1-8-13(23)12-11(18(25)14(8)20-4-5-28-18)9(7-27-16(19)24)17(26-3)15-10(21(15)2)6-22(12)17/h9-10,15,20,25H,4-7H2,1-3H3,(H2,19,24)/t9-,10+,15+,17-,18?,21?/m1/s1. The Morgan fingerprint density at radius 2 is 2.25 bits per heavy atom. The van der Waals surface area contributed by atoms with Crippen LogP contribution in [0.2, 0.25) is 0 Å². The van der Waals surface area contributed by atoms with Gasteiger partial charge in [0.25, 0.3) is 0 Å². The van der Waals surface area contributed by atoms with Gasteiger partial charge in [0.1, 0.15) is 6.61 Å². The van der Waals surface area contributed by atoms with Crippen molar-refractivity contribution in [3.8, 4) is 0 Å². The summed E-state index contributed by atoms with van der Waals surface area (Å²) in [4.78, 5) is 27.6. The summed E-state index contributed by atoms with van der Waals surface area (Å²) in [6.45, 7) is 2.99. The summed E-state index contributed by atoms with van der Waals surface area (Å²) in [7, 11) is 3.62. The minimum absolute atomic E-state index is 0.0475. The highest BCUT2D eigenvalue weighted by molar-refractivity contribution is 8.01. The molecule has 2 unspecified atom stereocenters. The number of ether oxygens (including phenoxy) is 2. The van der Waals surface area contributed by atoms with Crippen LogP contribution in [0.3, 0.4) is 0 Å². The lowest BCUT2D eigenvalue weighted by Crippen LogP contribution is -2.56. The van der Waals surface area contributed by atoms with E-state index in [4.69, 9.17) is 15.2 Å². The third kappa shape index (κ3) is 1.94. The molecule has 0 bridgehead atoms. The Labute approximate surface area is 166 Å². The van der Waals surface area contributed by atoms with Crippen molar-refractivity contribution in [2.75, 3.05) is 39.6 Å². The number of allylic oxidation sites excluding steroid dienone is 1.